The zero-order chi connectivity index (χ0) is 15.9. The first-order valence-electron chi connectivity index (χ1n) is 8.04. The highest BCUT2D eigenvalue weighted by Gasteiger charge is 2.20. The summed E-state index contributed by atoms with van der Waals surface area (Å²) in [5, 5.41) is 0. The van der Waals surface area contributed by atoms with Crippen molar-refractivity contribution in [2.45, 2.75) is 32.6 Å². The Balaban J connectivity index is 1.83. The van der Waals surface area contributed by atoms with Gasteiger partial charge in [-0.2, -0.15) is 0 Å². The lowest BCUT2D eigenvalue weighted by atomic mass is 10.1. The zero-order valence-electron chi connectivity index (χ0n) is 13.3. The van der Waals surface area contributed by atoms with E-state index in [0.29, 0.717) is 12.0 Å². The molecule has 2 rings (SSSR count). The lowest BCUT2D eigenvalue weighted by Crippen LogP contribution is -2.48. The van der Waals surface area contributed by atoms with Gasteiger partial charge in [-0.1, -0.05) is 19.8 Å². The van der Waals surface area contributed by atoms with Crippen LogP contribution in [0.25, 0.3) is 0 Å². The van der Waals surface area contributed by atoms with E-state index in [1.165, 1.54) is 0 Å². The molecule has 22 heavy (non-hydrogen) atoms. The minimum absolute atomic E-state index is 0.275. The second-order valence-corrected chi connectivity index (χ2v) is 5.74. The first-order valence-corrected chi connectivity index (χ1v) is 8.04. The van der Waals surface area contributed by atoms with Gasteiger partial charge in [-0.05, 0) is 30.7 Å². The van der Waals surface area contributed by atoms with E-state index in [2.05, 4.69) is 11.8 Å². The second kappa shape index (κ2) is 7.82. The molecule has 0 aromatic heterocycles. The van der Waals surface area contributed by atoms with Crippen LogP contribution >= 0.6 is 0 Å². The number of primary amides is 1. The summed E-state index contributed by atoms with van der Waals surface area (Å²) in [6.07, 6.45) is 3.92. The van der Waals surface area contributed by atoms with Crippen molar-refractivity contribution < 1.29 is 9.59 Å². The van der Waals surface area contributed by atoms with Crippen LogP contribution in [0, 0.1) is 0 Å². The van der Waals surface area contributed by atoms with E-state index >= 15 is 0 Å². The molecule has 1 aromatic rings. The van der Waals surface area contributed by atoms with Gasteiger partial charge in [0.05, 0.1) is 0 Å². The molecular weight excluding hydrogens is 278 g/mol. The van der Waals surface area contributed by atoms with E-state index in [0.717, 1.165) is 51.1 Å². The smallest absolute Gasteiger partial charge is 0.248 e. The van der Waals surface area contributed by atoms with Crippen molar-refractivity contribution in [3.63, 3.8) is 0 Å². The van der Waals surface area contributed by atoms with Gasteiger partial charge in [0.1, 0.15) is 0 Å². The van der Waals surface area contributed by atoms with Gasteiger partial charge in [-0.25, -0.2) is 0 Å². The highest BCUT2D eigenvalue weighted by atomic mass is 16.2. The third-order valence-electron chi connectivity index (χ3n) is 4.14. The van der Waals surface area contributed by atoms with E-state index in [4.69, 9.17) is 5.73 Å². The highest BCUT2D eigenvalue weighted by Crippen LogP contribution is 2.18. The predicted octanol–water partition coefficient (Wildman–Crippen LogP) is 2.01. The molecule has 120 valence electrons. The molecule has 0 atom stereocenters. The molecular formula is C17H25N3O2. The van der Waals surface area contributed by atoms with Gasteiger partial charge in [0.25, 0.3) is 0 Å². The Bertz CT molecular complexity index is 505. The molecule has 0 unspecified atom stereocenters. The lowest BCUT2D eigenvalue weighted by Gasteiger charge is -2.36. The van der Waals surface area contributed by atoms with Crippen LogP contribution in [0.5, 0.6) is 0 Å². The predicted molar refractivity (Wildman–Crippen MR) is 87.9 cm³/mol. The summed E-state index contributed by atoms with van der Waals surface area (Å²) in [5.41, 5.74) is 6.84. The van der Waals surface area contributed by atoms with E-state index < -0.39 is 5.91 Å². The fraction of sp³-hybridized carbons (Fsp3) is 0.529. The molecule has 1 saturated heterocycles. The summed E-state index contributed by atoms with van der Waals surface area (Å²) < 4.78 is 0. The molecule has 1 aliphatic rings. The van der Waals surface area contributed by atoms with Gasteiger partial charge in [0.15, 0.2) is 0 Å². The molecule has 5 heteroatoms. The van der Waals surface area contributed by atoms with Crippen LogP contribution in [0.4, 0.5) is 5.69 Å². The van der Waals surface area contributed by atoms with Crippen molar-refractivity contribution in [3.05, 3.63) is 29.8 Å². The van der Waals surface area contributed by atoms with E-state index in [1.807, 2.05) is 17.0 Å². The number of nitrogens with two attached hydrogens (primary N) is 1. The summed E-state index contributed by atoms with van der Waals surface area (Å²) in [6, 6.07) is 7.33. The SMILES string of the molecule is CCCCCC(=O)N1CCN(c2ccc(C(N)=O)cc2)CC1. The second-order valence-electron chi connectivity index (χ2n) is 5.74. The topological polar surface area (TPSA) is 66.6 Å². The molecule has 0 spiro atoms. The number of amides is 2. The molecule has 0 aliphatic carbocycles. The number of anilines is 1. The van der Waals surface area contributed by atoms with Crippen LogP contribution in [-0.2, 0) is 4.79 Å². The summed E-state index contributed by atoms with van der Waals surface area (Å²) in [6.45, 7) is 5.34. The molecule has 2 amide bonds. The average Bonchev–Trinajstić information content (AvgIpc) is 2.55. The maximum atomic E-state index is 12.1. The number of hydrogen-bond acceptors (Lipinski definition) is 3. The number of carbonyl (C=O) groups excluding carboxylic acids is 2. The van der Waals surface area contributed by atoms with Gasteiger partial charge < -0.3 is 15.5 Å². The first-order chi connectivity index (χ1) is 10.6. The number of nitrogens with zero attached hydrogens (tertiary/aromatic N) is 2. The van der Waals surface area contributed by atoms with Crippen molar-refractivity contribution in [1.82, 2.24) is 4.90 Å². The number of piperazine rings is 1. The Kier molecular flexibility index (Phi) is 5.81. The quantitative estimate of drug-likeness (QED) is 0.818. The number of hydrogen-bond donors (Lipinski definition) is 1. The van der Waals surface area contributed by atoms with Crippen molar-refractivity contribution in [3.8, 4) is 0 Å². The van der Waals surface area contributed by atoms with Crippen LogP contribution in [0.1, 0.15) is 43.0 Å². The monoisotopic (exact) mass is 303 g/mol. The first kappa shape index (κ1) is 16.3. The molecule has 0 saturated carbocycles. The van der Waals surface area contributed by atoms with Crippen LogP contribution in [0.2, 0.25) is 0 Å². The standard InChI is InChI=1S/C17H25N3O2/c1-2-3-4-5-16(21)20-12-10-19(11-13-20)15-8-6-14(7-9-15)17(18)22/h6-9H,2-5,10-13H2,1H3,(H2,18,22). The van der Waals surface area contributed by atoms with Crippen LogP contribution < -0.4 is 10.6 Å². The minimum atomic E-state index is -0.408. The summed E-state index contributed by atoms with van der Waals surface area (Å²) >= 11 is 0. The Morgan fingerprint density at radius 1 is 1.05 bits per heavy atom. The third kappa shape index (κ3) is 4.23. The van der Waals surface area contributed by atoms with Crippen LogP contribution in [0.3, 0.4) is 0 Å². The highest BCUT2D eigenvalue weighted by molar-refractivity contribution is 5.93. The van der Waals surface area contributed by atoms with Crippen LogP contribution in [-0.4, -0.2) is 42.9 Å². The summed E-state index contributed by atoms with van der Waals surface area (Å²) in [7, 11) is 0. The molecule has 1 aliphatic heterocycles. The Labute approximate surface area is 132 Å². The molecule has 2 N–H and O–H groups in total. The zero-order valence-corrected chi connectivity index (χ0v) is 13.3. The Morgan fingerprint density at radius 3 is 2.23 bits per heavy atom. The number of unbranched alkanes of at least 4 members (excludes halogenated alkanes) is 2. The number of rotatable bonds is 6. The maximum absolute atomic E-state index is 12.1. The molecule has 5 nitrogen and oxygen atoms in total. The van der Waals surface area contributed by atoms with Crippen molar-refractivity contribution in [1.29, 1.82) is 0 Å². The average molecular weight is 303 g/mol. The third-order valence-corrected chi connectivity index (χ3v) is 4.14. The normalized spacial score (nSPS) is 15.0. The van der Waals surface area contributed by atoms with E-state index in [-0.39, 0.29) is 5.91 Å². The van der Waals surface area contributed by atoms with Gasteiger partial charge in [-0.3, -0.25) is 9.59 Å². The fourth-order valence-corrected chi connectivity index (χ4v) is 2.73. The van der Waals surface area contributed by atoms with Gasteiger partial charge in [0, 0.05) is 43.9 Å². The van der Waals surface area contributed by atoms with Gasteiger partial charge >= 0.3 is 0 Å². The molecule has 1 heterocycles. The summed E-state index contributed by atoms with van der Waals surface area (Å²) in [4.78, 5) is 27.4. The van der Waals surface area contributed by atoms with Gasteiger partial charge in [0.2, 0.25) is 11.8 Å². The maximum Gasteiger partial charge on any atom is 0.248 e. The molecule has 1 fully saturated rings. The number of benzene rings is 1. The largest absolute Gasteiger partial charge is 0.368 e. The van der Waals surface area contributed by atoms with E-state index in [1.54, 1.807) is 12.1 Å². The fourth-order valence-electron chi connectivity index (χ4n) is 2.73. The van der Waals surface area contributed by atoms with Crippen molar-refractivity contribution in [2.75, 3.05) is 31.1 Å². The van der Waals surface area contributed by atoms with Gasteiger partial charge in [-0.15, -0.1) is 0 Å². The van der Waals surface area contributed by atoms with Crippen molar-refractivity contribution >= 4 is 17.5 Å². The Hall–Kier alpha value is -2.04. The number of carbonyl (C=O) groups is 2. The van der Waals surface area contributed by atoms with Crippen molar-refractivity contribution in [2.24, 2.45) is 5.73 Å². The van der Waals surface area contributed by atoms with E-state index in [9.17, 15) is 9.59 Å². The molecule has 1 aromatic carbocycles. The summed E-state index contributed by atoms with van der Waals surface area (Å²) in [5.74, 6) is -0.133. The molecule has 0 radical (unpaired) electrons. The molecule has 0 bridgehead atoms. The minimum Gasteiger partial charge on any atom is -0.368 e. The van der Waals surface area contributed by atoms with Crippen LogP contribution in [0.15, 0.2) is 24.3 Å². The Morgan fingerprint density at radius 2 is 1.68 bits per heavy atom. The lowest BCUT2D eigenvalue weighted by molar-refractivity contribution is -0.131.